The molecule has 0 aromatic rings. The van der Waals surface area contributed by atoms with Gasteiger partial charge in [0.2, 0.25) is 5.91 Å². The van der Waals surface area contributed by atoms with E-state index < -0.39 is 0 Å². The molecule has 1 amide bonds. The van der Waals surface area contributed by atoms with E-state index in [0.717, 1.165) is 19.6 Å². The van der Waals surface area contributed by atoms with Crippen LogP contribution < -0.4 is 5.73 Å². The standard InChI is InChI=1S/C11H19N3OS/c12-10(16)7-11(15)14-6-5-13-4-2-1-3-9(13)8-14/h9H,1-8H2,(H2,12,16). The molecule has 2 aliphatic heterocycles. The summed E-state index contributed by atoms with van der Waals surface area (Å²) in [5.41, 5.74) is 5.41. The van der Waals surface area contributed by atoms with Gasteiger partial charge in [0.05, 0.1) is 11.4 Å². The highest BCUT2D eigenvalue weighted by molar-refractivity contribution is 7.80. The monoisotopic (exact) mass is 241 g/mol. The van der Waals surface area contributed by atoms with Crippen LogP contribution in [0.25, 0.3) is 0 Å². The lowest BCUT2D eigenvalue weighted by molar-refractivity contribution is -0.133. The molecular weight excluding hydrogens is 222 g/mol. The highest BCUT2D eigenvalue weighted by Gasteiger charge is 2.30. The number of nitrogens with two attached hydrogens (primary N) is 1. The van der Waals surface area contributed by atoms with Crippen molar-refractivity contribution in [1.82, 2.24) is 9.80 Å². The summed E-state index contributed by atoms with van der Waals surface area (Å²) in [6.07, 6.45) is 4.04. The van der Waals surface area contributed by atoms with Gasteiger partial charge in [-0.25, -0.2) is 0 Å². The van der Waals surface area contributed by atoms with E-state index in [4.69, 9.17) is 18.0 Å². The van der Waals surface area contributed by atoms with Gasteiger partial charge in [0.1, 0.15) is 0 Å². The third-order valence-corrected chi connectivity index (χ3v) is 3.66. The summed E-state index contributed by atoms with van der Waals surface area (Å²) < 4.78 is 0. The Kier molecular flexibility index (Phi) is 3.76. The summed E-state index contributed by atoms with van der Waals surface area (Å²) >= 11 is 4.78. The summed E-state index contributed by atoms with van der Waals surface area (Å²) in [5.74, 6) is 0.0951. The van der Waals surface area contributed by atoms with Crippen LogP contribution in [0.3, 0.4) is 0 Å². The number of carbonyl (C=O) groups is 1. The number of fused-ring (bicyclic) bond motifs is 1. The summed E-state index contributed by atoms with van der Waals surface area (Å²) in [5, 5.41) is 0. The zero-order valence-corrected chi connectivity index (χ0v) is 10.3. The Morgan fingerprint density at radius 1 is 1.31 bits per heavy atom. The first-order chi connectivity index (χ1) is 7.66. The molecule has 2 aliphatic rings. The van der Waals surface area contributed by atoms with Crippen LogP contribution in [0.2, 0.25) is 0 Å². The van der Waals surface area contributed by atoms with Gasteiger partial charge in [-0.15, -0.1) is 0 Å². The van der Waals surface area contributed by atoms with Crippen molar-refractivity contribution < 1.29 is 4.79 Å². The van der Waals surface area contributed by atoms with Crippen molar-refractivity contribution in [3.63, 3.8) is 0 Å². The third kappa shape index (κ3) is 2.71. The molecule has 1 unspecified atom stereocenters. The van der Waals surface area contributed by atoms with Crippen molar-refractivity contribution in [3.05, 3.63) is 0 Å². The molecule has 2 saturated heterocycles. The molecular formula is C11H19N3OS. The minimum atomic E-state index is 0.0951. The van der Waals surface area contributed by atoms with E-state index in [1.165, 1.54) is 25.8 Å². The van der Waals surface area contributed by atoms with Gasteiger partial charge in [0.15, 0.2) is 0 Å². The number of hydrogen-bond acceptors (Lipinski definition) is 3. The van der Waals surface area contributed by atoms with Crippen molar-refractivity contribution in [2.24, 2.45) is 5.73 Å². The maximum atomic E-state index is 11.8. The van der Waals surface area contributed by atoms with Crippen LogP contribution in [-0.2, 0) is 4.79 Å². The Bertz CT molecular complexity index is 295. The molecule has 2 fully saturated rings. The molecule has 0 spiro atoms. The highest BCUT2D eigenvalue weighted by Crippen LogP contribution is 2.21. The van der Waals surface area contributed by atoms with Crippen molar-refractivity contribution in [2.75, 3.05) is 26.2 Å². The Hall–Kier alpha value is -0.680. The predicted octanol–water partition coefficient (Wildman–Crippen LogP) is 0.359. The summed E-state index contributed by atoms with van der Waals surface area (Å²) in [7, 11) is 0. The first kappa shape index (κ1) is 11.8. The number of rotatable bonds is 2. The third-order valence-electron chi connectivity index (χ3n) is 3.52. The zero-order valence-electron chi connectivity index (χ0n) is 9.52. The Morgan fingerprint density at radius 2 is 2.12 bits per heavy atom. The molecule has 0 bridgehead atoms. The van der Waals surface area contributed by atoms with E-state index in [1.54, 1.807) is 0 Å². The fourth-order valence-corrected chi connectivity index (χ4v) is 2.77. The van der Waals surface area contributed by atoms with Crippen LogP contribution in [0.1, 0.15) is 25.7 Å². The summed E-state index contributed by atoms with van der Waals surface area (Å²) in [4.78, 5) is 16.6. The van der Waals surface area contributed by atoms with Gasteiger partial charge >= 0.3 is 0 Å². The second kappa shape index (κ2) is 5.10. The fourth-order valence-electron chi connectivity index (χ4n) is 2.64. The van der Waals surface area contributed by atoms with Gasteiger partial charge in [-0.05, 0) is 19.4 Å². The highest BCUT2D eigenvalue weighted by atomic mass is 32.1. The Morgan fingerprint density at radius 3 is 2.88 bits per heavy atom. The normalized spacial score (nSPS) is 26.2. The maximum Gasteiger partial charge on any atom is 0.229 e. The lowest BCUT2D eigenvalue weighted by Crippen LogP contribution is -2.56. The van der Waals surface area contributed by atoms with Gasteiger partial charge in [-0.3, -0.25) is 9.69 Å². The molecule has 0 saturated carbocycles. The molecule has 0 aromatic carbocycles. The van der Waals surface area contributed by atoms with Crippen LogP contribution in [0.5, 0.6) is 0 Å². The van der Waals surface area contributed by atoms with Gasteiger partial charge in [-0.2, -0.15) is 0 Å². The minimum Gasteiger partial charge on any atom is -0.393 e. The predicted molar refractivity (Wildman–Crippen MR) is 67.2 cm³/mol. The summed E-state index contributed by atoms with van der Waals surface area (Å²) in [6, 6.07) is 0.567. The number of amides is 1. The van der Waals surface area contributed by atoms with E-state index >= 15 is 0 Å². The van der Waals surface area contributed by atoms with Crippen LogP contribution in [-0.4, -0.2) is 52.9 Å². The van der Waals surface area contributed by atoms with Gasteiger partial charge in [0, 0.05) is 25.7 Å². The quantitative estimate of drug-likeness (QED) is 0.709. The number of carbonyl (C=O) groups excluding carboxylic acids is 1. The molecule has 2 heterocycles. The maximum absolute atomic E-state index is 11.8. The summed E-state index contributed by atoms with van der Waals surface area (Å²) in [6.45, 7) is 3.90. The van der Waals surface area contributed by atoms with Gasteiger partial charge in [-0.1, -0.05) is 18.6 Å². The average molecular weight is 241 g/mol. The van der Waals surface area contributed by atoms with Crippen LogP contribution in [0, 0.1) is 0 Å². The fraction of sp³-hybridized carbons (Fsp3) is 0.818. The Labute approximate surface area is 102 Å². The van der Waals surface area contributed by atoms with Crippen molar-refractivity contribution in [3.8, 4) is 0 Å². The second-order valence-electron chi connectivity index (χ2n) is 4.67. The molecule has 1 atom stereocenters. The number of thiocarbonyl (C=S) groups is 1. The zero-order chi connectivity index (χ0) is 11.5. The van der Waals surface area contributed by atoms with E-state index in [0.29, 0.717) is 11.0 Å². The first-order valence-electron chi connectivity index (χ1n) is 5.97. The van der Waals surface area contributed by atoms with Crippen LogP contribution in [0.15, 0.2) is 0 Å². The van der Waals surface area contributed by atoms with Crippen molar-refractivity contribution in [2.45, 2.75) is 31.7 Å². The molecule has 90 valence electrons. The number of nitrogens with zero attached hydrogens (tertiary/aromatic N) is 2. The lowest BCUT2D eigenvalue weighted by atomic mass is 9.99. The topological polar surface area (TPSA) is 49.6 Å². The van der Waals surface area contributed by atoms with Gasteiger partial charge < -0.3 is 10.6 Å². The molecule has 0 aliphatic carbocycles. The Balaban J connectivity index is 1.89. The second-order valence-corrected chi connectivity index (χ2v) is 5.19. The molecule has 0 radical (unpaired) electrons. The van der Waals surface area contributed by atoms with E-state index in [2.05, 4.69) is 4.90 Å². The SMILES string of the molecule is NC(=S)CC(=O)N1CCN2CCCCC2C1. The number of hydrogen-bond donors (Lipinski definition) is 1. The lowest BCUT2D eigenvalue weighted by Gasteiger charge is -2.44. The molecule has 5 heteroatoms. The first-order valence-corrected chi connectivity index (χ1v) is 6.38. The van der Waals surface area contributed by atoms with Crippen LogP contribution in [0.4, 0.5) is 0 Å². The average Bonchev–Trinajstić information content (AvgIpc) is 2.27. The minimum absolute atomic E-state index is 0.0951. The van der Waals surface area contributed by atoms with Crippen molar-refractivity contribution >= 4 is 23.1 Å². The van der Waals surface area contributed by atoms with Gasteiger partial charge in [0.25, 0.3) is 0 Å². The molecule has 2 N–H and O–H groups in total. The van der Waals surface area contributed by atoms with Crippen LogP contribution >= 0.6 is 12.2 Å². The van der Waals surface area contributed by atoms with Crippen molar-refractivity contribution in [1.29, 1.82) is 0 Å². The smallest absolute Gasteiger partial charge is 0.229 e. The van der Waals surface area contributed by atoms with E-state index in [9.17, 15) is 4.79 Å². The van der Waals surface area contributed by atoms with E-state index in [1.807, 2.05) is 4.90 Å². The molecule has 2 rings (SSSR count). The molecule has 4 nitrogen and oxygen atoms in total. The molecule has 0 aromatic heterocycles. The number of piperazine rings is 1. The number of piperidine rings is 1. The largest absolute Gasteiger partial charge is 0.393 e. The van der Waals surface area contributed by atoms with E-state index in [-0.39, 0.29) is 12.3 Å². The molecule has 16 heavy (non-hydrogen) atoms.